The number of aliphatic carboxylic acids is 2. The van der Waals surface area contributed by atoms with Crippen molar-refractivity contribution in [3.8, 4) is 0 Å². The van der Waals surface area contributed by atoms with E-state index in [1.54, 1.807) is 14.0 Å². The second-order valence-corrected chi connectivity index (χ2v) is 7.48. The Morgan fingerprint density at radius 2 is 1.27 bits per heavy atom. The standard InChI is InChI=1S/C14H24O2.C4H10O2.C2H4O2/c15-14(16)13(11-7-3-1-4-8-11)12-9-5-2-6-10-12;1-4(5)3-6-2;1-2(3)4/h11-13H,1-10H2,(H,15,16);4-5H,3H2,1-2H3;1H3,(H,3,4). The first-order valence-corrected chi connectivity index (χ1v) is 9.88. The van der Waals surface area contributed by atoms with Gasteiger partial charge >= 0.3 is 5.97 Å². The van der Waals surface area contributed by atoms with Crippen LogP contribution in [0.4, 0.5) is 0 Å². The molecule has 0 aromatic heterocycles. The molecule has 1 atom stereocenters. The summed E-state index contributed by atoms with van der Waals surface area (Å²) in [5, 5.41) is 25.3. The van der Waals surface area contributed by atoms with E-state index in [9.17, 15) is 9.90 Å². The van der Waals surface area contributed by atoms with Crippen LogP contribution in [0.2, 0.25) is 0 Å². The molecule has 3 N–H and O–H groups in total. The van der Waals surface area contributed by atoms with Gasteiger partial charge in [0.05, 0.1) is 18.6 Å². The number of carboxylic acids is 2. The molecule has 2 aliphatic rings. The van der Waals surface area contributed by atoms with Crippen molar-refractivity contribution >= 4 is 11.9 Å². The molecule has 2 aliphatic carbocycles. The SMILES string of the molecule is CC(=O)O.COCC(C)O.O=C(O)C(C1CCCCC1)C1CCCCC1. The molecule has 0 aromatic rings. The van der Waals surface area contributed by atoms with Crippen molar-refractivity contribution in [3.05, 3.63) is 0 Å². The van der Waals surface area contributed by atoms with E-state index >= 15 is 0 Å². The number of rotatable bonds is 5. The summed E-state index contributed by atoms with van der Waals surface area (Å²) in [5.41, 5.74) is 0. The van der Waals surface area contributed by atoms with Crippen LogP contribution in [-0.4, -0.2) is 47.1 Å². The Bertz CT molecular complexity index is 348. The quantitative estimate of drug-likeness (QED) is 0.673. The molecule has 6 heteroatoms. The van der Waals surface area contributed by atoms with E-state index < -0.39 is 11.9 Å². The minimum Gasteiger partial charge on any atom is -0.481 e. The molecule has 0 radical (unpaired) electrons. The molecule has 0 heterocycles. The highest BCUT2D eigenvalue weighted by molar-refractivity contribution is 5.70. The molecule has 0 amide bonds. The lowest BCUT2D eigenvalue weighted by Crippen LogP contribution is -2.33. The van der Waals surface area contributed by atoms with Crippen LogP contribution in [0.5, 0.6) is 0 Å². The summed E-state index contributed by atoms with van der Waals surface area (Å²) in [6, 6.07) is 0. The van der Waals surface area contributed by atoms with Crippen LogP contribution < -0.4 is 0 Å². The monoisotopic (exact) mass is 374 g/mol. The third kappa shape index (κ3) is 12.3. The first kappa shape index (κ1) is 24.9. The van der Waals surface area contributed by atoms with Gasteiger partial charge in [0.25, 0.3) is 5.97 Å². The van der Waals surface area contributed by atoms with Gasteiger partial charge in [-0.3, -0.25) is 9.59 Å². The molecule has 2 fully saturated rings. The van der Waals surface area contributed by atoms with E-state index in [0.717, 1.165) is 32.6 Å². The molecule has 0 aliphatic heterocycles. The highest BCUT2D eigenvalue weighted by Crippen LogP contribution is 2.39. The maximum atomic E-state index is 11.5. The van der Waals surface area contributed by atoms with Gasteiger partial charge < -0.3 is 20.1 Å². The van der Waals surface area contributed by atoms with E-state index in [-0.39, 0.29) is 12.0 Å². The van der Waals surface area contributed by atoms with Gasteiger partial charge in [-0.05, 0) is 44.4 Å². The first-order chi connectivity index (χ1) is 12.3. The lowest BCUT2D eigenvalue weighted by Gasteiger charge is -2.35. The van der Waals surface area contributed by atoms with Crippen LogP contribution in [0, 0.1) is 17.8 Å². The van der Waals surface area contributed by atoms with Gasteiger partial charge in [0.2, 0.25) is 0 Å². The predicted octanol–water partition coefficient (Wildman–Crippen LogP) is 3.95. The molecular formula is C20H38O6. The highest BCUT2D eigenvalue weighted by Gasteiger charge is 2.36. The van der Waals surface area contributed by atoms with Crippen LogP contribution in [0.15, 0.2) is 0 Å². The minimum atomic E-state index is -0.833. The third-order valence-corrected chi connectivity index (χ3v) is 5.01. The third-order valence-electron chi connectivity index (χ3n) is 5.01. The molecule has 1 unspecified atom stereocenters. The lowest BCUT2D eigenvalue weighted by molar-refractivity contribution is -0.147. The smallest absolute Gasteiger partial charge is 0.307 e. The van der Waals surface area contributed by atoms with Crippen LogP contribution >= 0.6 is 0 Å². The summed E-state index contributed by atoms with van der Waals surface area (Å²) in [6.45, 7) is 3.20. The Morgan fingerprint density at radius 1 is 0.923 bits per heavy atom. The summed E-state index contributed by atoms with van der Waals surface area (Å²) in [5.74, 6) is -0.414. The molecule has 6 nitrogen and oxygen atoms in total. The lowest BCUT2D eigenvalue weighted by atomic mass is 9.70. The fourth-order valence-corrected chi connectivity index (χ4v) is 4.02. The normalized spacial score (nSPS) is 19.6. The topological polar surface area (TPSA) is 104 Å². The molecule has 154 valence electrons. The largest absolute Gasteiger partial charge is 0.481 e. The predicted molar refractivity (Wildman–Crippen MR) is 101 cm³/mol. The number of ether oxygens (including phenoxy) is 1. The number of methoxy groups -OCH3 is 1. The summed E-state index contributed by atoms with van der Waals surface area (Å²) < 4.78 is 4.55. The second kappa shape index (κ2) is 15.0. The minimum absolute atomic E-state index is 0.0272. The molecular weight excluding hydrogens is 336 g/mol. The Balaban J connectivity index is 0.000000522. The summed E-state index contributed by atoms with van der Waals surface area (Å²) in [6.07, 6.45) is 11.9. The second-order valence-electron chi connectivity index (χ2n) is 7.48. The number of carbonyl (C=O) groups is 2. The molecule has 0 bridgehead atoms. The highest BCUT2D eigenvalue weighted by atomic mass is 16.5. The van der Waals surface area contributed by atoms with Crippen molar-refractivity contribution in [1.82, 2.24) is 0 Å². The zero-order valence-corrected chi connectivity index (χ0v) is 16.7. The number of aliphatic hydroxyl groups excluding tert-OH is 1. The fourth-order valence-electron chi connectivity index (χ4n) is 4.02. The van der Waals surface area contributed by atoms with E-state index in [4.69, 9.17) is 15.0 Å². The summed E-state index contributed by atoms with van der Waals surface area (Å²) in [7, 11) is 1.56. The number of hydrogen-bond acceptors (Lipinski definition) is 4. The maximum Gasteiger partial charge on any atom is 0.307 e. The summed E-state index contributed by atoms with van der Waals surface area (Å²) >= 11 is 0. The molecule has 2 saturated carbocycles. The van der Waals surface area contributed by atoms with Gasteiger partial charge in [-0.15, -0.1) is 0 Å². The van der Waals surface area contributed by atoms with Gasteiger partial charge in [0, 0.05) is 14.0 Å². The number of aliphatic hydroxyl groups is 1. The van der Waals surface area contributed by atoms with E-state index in [1.807, 2.05) is 0 Å². The van der Waals surface area contributed by atoms with Gasteiger partial charge in [0.1, 0.15) is 0 Å². The van der Waals surface area contributed by atoms with Crippen LogP contribution in [0.25, 0.3) is 0 Å². The van der Waals surface area contributed by atoms with E-state index in [0.29, 0.717) is 18.4 Å². The van der Waals surface area contributed by atoms with Gasteiger partial charge in [-0.25, -0.2) is 0 Å². The Kier molecular flexibility index (Phi) is 14.3. The van der Waals surface area contributed by atoms with Crippen LogP contribution in [0.1, 0.15) is 78.1 Å². The Morgan fingerprint density at radius 3 is 1.46 bits per heavy atom. The van der Waals surface area contributed by atoms with Gasteiger partial charge in [0.15, 0.2) is 0 Å². The first-order valence-electron chi connectivity index (χ1n) is 9.88. The van der Waals surface area contributed by atoms with E-state index in [1.165, 1.54) is 38.5 Å². The van der Waals surface area contributed by atoms with Crippen molar-refractivity contribution in [2.24, 2.45) is 17.8 Å². The van der Waals surface area contributed by atoms with Crippen LogP contribution in [-0.2, 0) is 14.3 Å². The number of carboxylic acid groups (broad SMARTS) is 2. The van der Waals surface area contributed by atoms with E-state index in [2.05, 4.69) is 4.74 Å². The van der Waals surface area contributed by atoms with Crippen molar-refractivity contribution in [3.63, 3.8) is 0 Å². The Labute approximate surface area is 157 Å². The zero-order valence-electron chi connectivity index (χ0n) is 16.7. The van der Waals surface area contributed by atoms with Gasteiger partial charge in [-0.2, -0.15) is 0 Å². The zero-order chi connectivity index (χ0) is 19.9. The average molecular weight is 375 g/mol. The molecule has 2 rings (SSSR count). The van der Waals surface area contributed by atoms with Crippen molar-refractivity contribution in [2.75, 3.05) is 13.7 Å². The van der Waals surface area contributed by atoms with Crippen molar-refractivity contribution in [2.45, 2.75) is 84.2 Å². The molecule has 0 aromatic carbocycles. The average Bonchev–Trinajstić information content (AvgIpc) is 2.56. The summed E-state index contributed by atoms with van der Waals surface area (Å²) in [4.78, 5) is 20.5. The fraction of sp³-hybridized carbons (Fsp3) is 0.900. The maximum absolute atomic E-state index is 11.5. The molecule has 26 heavy (non-hydrogen) atoms. The Hall–Kier alpha value is -1.14. The van der Waals surface area contributed by atoms with Crippen molar-refractivity contribution < 1.29 is 29.6 Å². The number of hydrogen-bond donors (Lipinski definition) is 3. The van der Waals surface area contributed by atoms with Crippen molar-refractivity contribution in [1.29, 1.82) is 0 Å². The molecule has 0 saturated heterocycles. The van der Waals surface area contributed by atoms with Gasteiger partial charge in [-0.1, -0.05) is 38.5 Å². The van der Waals surface area contributed by atoms with Crippen LogP contribution in [0.3, 0.4) is 0 Å². The molecule has 0 spiro atoms.